The maximum atomic E-state index is 11.6. The number of pyridine rings is 1. The minimum absolute atomic E-state index is 0.0898. The van der Waals surface area contributed by atoms with Crippen LogP contribution in [0, 0.1) is 13.8 Å². The molecule has 5 nitrogen and oxygen atoms in total. The first-order valence-electron chi connectivity index (χ1n) is 7.14. The van der Waals surface area contributed by atoms with E-state index < -0.39 is 0 Å². The third kappa shape index (κ3) is 2.94. The summed E-state index contributed by atoms with van der Waals surface area (Å²) < 4.78 is 16.6. The van der Waals surface area contributed by atoms with Crippen LogP contribution < -0.4 is 10.3 Å². The second kappa shape index (κ2) is 5.87. The molecule has 1 saturated heterocycles. The highest BCUT2D eigenvalue weighted by Crippen LogP contribution is 2.27. The molecule has 2 aromatic rings. The van der Waals surface area contributed by atoms with Crippen molar-refractivity contribution < 1.29 is 14.2 Å². The van der Waals surface area contributed by atoms with E-state index in [0.717, 1.165) is 27.8 Å². The third-order valence-electron chi connectivity index (χ3n) is 3.74. The Morgan fingerprint density at radius 3 is 2.81 bits per heavy atom. The first-order valence-corrected chi connectivity index (χ1v) is 7.14. The molecular formula is C16H19NO4. The lowest BCUT2D eigenvalue weighted by Crippen LogP contribution is -2.13. The summed E-state index contributed by atoms with van der Waals surface area (Å²) >= 11 is 0. The number of hydrogen-bond acceptors (Lipinski definition) is 4. The molecular weight excluding hydrogens is 270 g/mol. The molecule has 0 radical (unpaired) electrons. The third-order valence-corrected chi connectivity index (χ3v) is 3.74. The first kappa shape index (κ1) is 14.1. The van der Waals surface area contributed by atoms with Gasteiger partial charge in [0.2, 0.25) is 5.56 Å². The van der Waals surface area contributed by atoms with Gasteiger partial charge in [-0.1, -0.05) is 0 Å². The van der Waals surface area contributed by atoms with Crippen molar-refractivity contribution in [1.82, 2.24) is 4.98 Å². The van der Waals surface area contributed by atoms with Crippen LogP contribution in [0.4, 0.5) is 0 Å². The molecule has 0 saturated carbocycles. The second-order valence-electron chi connectivity index (χ2n) is 5.24. The average Bonchev–Trinajstić information content (AvgIpc) is 2.95. The Labute approximate surface area is 122 Å². The van der Waals surface area contributed by atoms with Gasteiger partial charge in [-0.15, -0.1) is 0 Å². The molecule has 21 heavy (non-hydrogen) atoms. The molecule has 0 unspecified atom stereocenters. The molecule has 1 aromatic heterocycles. The van der Waals surface area contributed by atoms with E-state index >= 15 is 0 Å². The van der Waals surface area contributed by atoms with E-state index in [1.807, 2.05) is 26.0 Å². The molecule has 1 aliphatic rings. The van der Waals surface area contributed by atoms with Crippen LogP contribution >= 0.6 is 0 Å². The van der Waals surface area contributed by atoms with E-state index in [1.54, 1.807) is 6.07 Å². The van der Waals surface area contributed by atoms with Crippen LogP contribution in [0.25, 0.3) is 10.9 Å². The van der Waals surface area contributed by atoms with Gasteiger partial charge in [0.15, 0.2) is 6.29 Å². The molecule has 0 bridgehead atoms. The van der Waals surface area contributed by atoms with Gasteiger partial charge in [0.05, 0.1) is 25.3 Å². The number of aromatic nitrogens is 1. The SMILES string of the molecule is Cc1cc(=O)[nH]c2c(C)c(OCCC3OCCO3)ccc12. The highest BCUT2D eigenvalue weighted by Gasteiger charge is 2.16. The number of hydrogen-bond donors (Lipinski definition) is 1. The van der Waals surface area contributed by atoms with E-state index in [2.05, 4.69) is 4.98 Å². The smallest absolute Gasteiger partial charge is 0.248 e. The van der Waals surface area contributed by atoms with Gasteiger partial charge in [-0.2, -0.15) is 0 Å². The molecule has 0 amide bonds. The van der Waals surface area contributed by atoms with Crippen LogP contribution in [0.15, 0.2) is 23.0 Å². The number of rotatable bonds is 4. The number of aryl methyl sites for hydroxylation is 2. The molecule has 1 aromatic carbocycles. The van der Waals surface area contributed by atoms with Crippen LogP contribution in [0.1, 0.15) is 17.5 Å². The van der Waals surface area contributed by atoms with Gasteiger partial charge < -0.3 is 19.2 Å². The van der Waals surface area contributed by atoms with Crippen LogP contribution in [0.2, 0.25) is 0 Å². The Morgan fingerprint density at radius 1 is 1.29 bits per heavy atom. The fraction of sp³-hybridized carbons (Fsp3) is 0.438. The van der Waals surface area contributed by atoms with Gasteiger partial charge in [0.25, 0.3) is 0 Å². The lowest BCUT2D eigenvalue weighted by atomic mass is 10.1. The molecule has 1 N–H and O–H groups in total. The largest absolute Gasteiger partial charge is 0.493 e. The predicted molar refractivity (Wildman–Crippen MR) is 79.8 cm³/mol. The molecule has 0 spiro atoms. The summed E-state index contributed by atoms with van der Waals surface area (Å²) in [4.78, 5) is 14.5. The van der Waals surface area contributed by atoms with Crippen molar-refractivity contribution in [3.05, 3.63) is 39.7 Å². The Hall–Kier alpha value is -1.85. The van der Waals surface area contributed by atoms with Gasteiger partial charge in [-0.3, -0.25) is 4.79 Å². The summed E-state index contributed by atoms with van der Waals surface area (Å²) in [5, 5.41) is 1.04. The Morgan fingerprint density at radius 2 is 2.05 bits per heavy atom. The van der Waals surface area contributed by atoms with Gasteiger partial charge >= 0.3 is 0 Å². The zero-order valence-corrected chi connectivity index (χ0v) is 12.3. The quantitative estimate of drug-likeness (QED) is 0.938. The maximum absolute atomic E-state index is 11.6. The monoisotopic (exact) mass is 289 g/mol. The number of benzene rings is 1. The Bertz CT molecular complexity index is 701. The maximum Gasteiger partial charge on any atom is 0.248 e. The standard InChI is InChI=1S/C16H19NO4/c1-10-9-14(18)17-16-11(2)13(4-3-12(10)16)19-6-5-15-20-7-8-21-15/h3-4,9,15H,5-8H2,1-2H3,(H,17,18). The molecule has 2 heterocycles. The van der Waals surface area contributed by atoms with Crippen molar-refractivity contribution in [2.24, 2.45) is 0 Å². The van der Waals surface area contributed by atoms with E-state index in [9.17, 15) is 4.79 Å². The normalized spacial score (nSPS) is 15.7. The lowest BCUT2D eigenvalue weighted by Gasteiger charge is -2.14. The summed E-state index contributed by atoms with van der Waals surface area (Å²) in [6.45, 7) is 5.72. The van der Waals surface area contributed by atoms with E-state index in [-0.39, 0.29) is 11.8 Å². The lowest BCUT2D eigenvalue weighted by molar-refractivity contribution is -0.0531. The van der Waals surface area contributed by atoms with E-state index in [4.69, 9.17) is 14.2 Å². The van der Waals surface area contributed by atoms with Crippen LogP contribution in [-0.4, -0.2) is 31.1 Å². The number of nitrogens with one attached hydrogen (secondary N) is 1. The fourth-order valence-electron chi connectivity index (χ4n) is 2.61. The van der Waals surface area contributed by atoms with E-state index in [1.165, 1.54) is 0 Å². The van der Waals surface area contributed by atoms with Crippen molar-refractivity contribution in [2.45, 2.75) is 26.6 Å². The van der Waals surface area contributed by atoms with Crippen molar-refractivity contribution in [2.75, 3.05) is 19.8 Å². The van der Waals surface area contributed by atoms with Crippen LogP contribution in [0.5, 0.6) is 5.75 Å². The summed E-state index contributed by atoms with van der Waals surface area (Å²) in [5.74, 6) is 0.779. The molecule has 1 fully saturated rings. The topological polar surface area (TPSA) is 60.6 Å². The zero-order chi connectivity index (χ0) is 14.8. The molecule has 0 atom stereocenters. The Kier molecular flexibility index (Phi) is 3.94. The molecule has 0 aliphatic carbocycles. The average molecular weight is 289 g/mol. The highest BCUT2D eigenvalue weighted by atomic mass is 16.7. The van der Waals surface area contributed by atoms with Crippen molar-refractivity contribution in [3.8, 4) is 5.75 Å². The van der Waals surface area contributed by atoms with Crippen molar-refractivity contribution >= 4 is 10.9 Å². The van der Waals surface area contributed by atoms with Gasteiger partial charge in [-0.25, -0.2) is 0 Å². The highest BCUT2D eigenvalue weighted by molar-refractivity contribution is 5.86. The molecule has 112 valence electrons. The molecule has 5 heteroatoms. The molecule has 3 rings (SSSR count). The molecule has 1 aliphatic heterocycles. The number of fused-ring (bicyclic) bond motifs is 1. The van der Waals surface area contributed by atoms with Crippen LogP contribution in [-0.2, 0) is 9.47 Å². The van der Waals surface area contributed by atoms with Crippen molar-refractivity contribution in [3.63, 3.8) is 0 Å². The minimum Gasteiger partial charge on any atom is -0.493 e. The predicted octanol–water partition coefficient (Wildman–Crippen LogP) is 2.29. The minimum atomic E-state index is -0.159. The Balaban J connectivity index is 1.79. The number of H-pyrrole nitrogens is 1. The van der Waals surface area contributed by atoms with Crippen molar-refractivity contribution in [1.29, 1.82) is 0 Å². The fourth-order valence-corrected chi connectivity index (χ4v) is 2.61. The summed E-state index contributed by atoms with van der Waals surface area (Å²) in [7, 11) is 0. The summed E-state index contributed by atoms with van der Waals surface area (Å²) in [6, 6.07) is 5.53. The second-order valence-corrected chi connectivity index (χ2v) is 5.24. The first-order chi connectivity index (χ1) is 10.1. The number of ether oxygens (including phenoxy) is 3. The van der Waals surface area contributed by atoms with Gasteiger partial charge in [0.1, 0.15) is 5.75 Å². The van der Waals surface area contributed by atoms with Gasteiger partial charge in [-0.05, 0) is 31.5 Å². The number of aromatic amines is 1. The zero-order valence-electron chi connectivity index (χ0n) is 12.3. The summed E-state index contributed by atoms with van der Waals surface area (Å²) in [5.41, 5.74) is 2.66. The van der Waals surface area contributed by atoms with E-state index in [0.29, 0.717) is 26.2 Å². The van der Waals surface area contributed by atoms with Gasteiger partial charge in [0, 0.05) is 23.4 Å². The summed E-state index contributed by atoms with van der Waals surface area (Å²) in [6.07, 6.45) is 0.537. The van der Waals surface area contributed by atoms with Crippen LogP contribution in [0.3, 0.4) is 0 Å².